The van der Waals surface area contributed by atoms with Crippen molar-refractivity contribution in [1.82, 2.24) is 0 Å². The van der Waals surface area contributed by atoms with Crippen LogP contribution in [-0.4, -0.2) is 19.9 Å². The standard InChI is InChI=1S/C23H27NO2/c1-23(18-7-5-4-6-8-18)19-11-9-16(13-19)22(23)24-15-17-10-12-20(25-2)14-21(17)26-3/h4-8,10,12,14,16,19H,9,11,13,15H2,1-3H3/b24-22-/t16-,19+,23+/m1/s1. The number of ether oxygens (including phenoxy) is 2. The Kier molecular flexibility index (Phi) is 4.47. The van der Waals surface area contributed by atoms with Gasteiger partial charge in [-0.05, 0) is 55.7 Å². The molecule has 4 rings (SSSR count). The van der Waals surface area contributed by atoms with Crippen molar-refractivity contribution in [3.05, 3.63) is 59.7 Å². The summed E-state index contributed by atoms with van der Waals surface area (Å²) in [5.74, 6) is 3.01. The fraction of sp³-hybridized carbons (Fsp3) is 0.435. The highest BCUT2D eigenvalue weighted by molar-refractivity contribution is 5.99. The van der Waals surface area contributed by atoms with Gasteiger partial charge in [-0.2, -0.15) is 0 Å². The topological polar surface area (TPSA) is 30.8 Å². The summed E-state index contributed by atoms with van der Waals surface area (Å²) in [5.41, 5.74) is 3.98. The van der Waals surface area contributed by atoms with Gasteiger partial charge in [0.1, 0.15) is 11.5 Å². The quantitative estimate of drug-likeness (QED) is 0.758. The molecule has 0 aliphatic heterocycles. The predicted octanol–water partition coefficient (Wildman–Crippen LogP) is 5.03. The summed E-state index contributed by atoms with van der Waals surface area (Å²) >= 11 is 0. The van der Waals surface area contributed by atoms with E-state index in [1.165, 1.54) is 30.5 Å². The molecule has 0 aromatic heterocycles. The predicted molar refractivity (Wildman–Crippen MR) is 105 cm³/mol. The Bertz CT molecular complexity index is 814. The van der Waals surface area contributed by atoms with E-state index in [0.717, 1.165) is 17.1 Å². The minimum Gasteiger partial charge on any atom is -0.497 e. The molecular weight excluding hydrogens is 322 g/mol. The lowest BCUT2D eigenvalue weighted by atomic mass is 9.68. The van der Waals surface area contributed by atoms with E-state index in [4.69, 9.17) is 14.5 Å². The molecule has 2 aliphatic carbocycles. The zero-order valence-corrected chi connectivity index (χ0v) is 15.9. The third-order valence-electron chi connectivity index (χ3n) is 6.46. The highest BCUT2D eigenvalue weighted by atomic mass is 16.5. The Hall–Kier alpha value is -2.29. The van der Waals surface area contributed by atoms with Crippen molar-refractivity contribution >= 4 is 5.71 Å². The summed E-state index contributed by atoms with van der Waals surface area (Å²) in [6.45, 7) is 3.06. The van der Waals surface area contributed by atoms with Crippen LogP contribution < -0.4 is 9.47 Å². The van der Waals surface area contributed by atoms with Gasteiger partial charge in [0.05, 0.1) is 20.8 Å². The SMILES string of the molecule is COc1ccc(C/N=C2/[C@@H]3CC[C@@H](C3)[C@]2(C)c2ccccc2)c(OC)c1. The lowest BCUT2D eigenvalue weighted by Crippen LogP contribution is -2.38. The van der Waals surface area contributed by atoms with Crippen LogP contribution in [0.5, 0.6) is 11.5 Å². The molecule has 0 radical (unpaired) electrons. The lowest BCUT2D eigenvalue weighted by Gasteiger charge is -2.36. The molecule has 0 N–H and O–H groups in total. The molecule has 3 heteroatoms. The summed E-state index contributed by atoms with van der Waals surface area (Å²) < 4.78 is 10.9. The monoisotopic (exact) mass is 349 g/mol. The van der Waals surface area contributed by atoms with E-state index in [1.54, 1.807) is 14.2 Å². The summed E-state index contributed by atoms with van der Waals surface area (Å²) in [6.07, 6.45) is 3.89. The van der Waals surface area contributed by atoms with Gasteiger partial charge in [-0.25, -0.2) is 0 Å². The van der Waals surface area contributed by atoms with Crippen molar-refractivity contribution in [3.63, 3.8) is 0 Å². The van der Waals surface area contributed by atoms with Crippen LogP contribution in [0.25, 0.3) is 0 Å². The molecular formula is C23H27NO2. The largest absolute Gasteiger partial charge is 0.497 e. The molecule has 26 heavy (non-hydrogen) atoms. The van der Waals surface area contributed by atoms with Crippen LogP contribution >= 0.6 is 0 Å². The van der Waals surface area contributed by atoms with Crippen LogP contribution in [0.3, 0.4) is 0 Å². The van der Waals surface area contributed by atoms with Gasteiger partial charge in [0, 0.05) is 22.8 Å². The van der Waals surface area contributed by atoms with Crippen molar-refractivity contribution < 1.29 is 9.47 Å². The van der Waals surface area contributed by atoms with E-state index >= 15 is 0 Å². The van der Waals surface area contributed by atoms with Gasteiger partial charge in [0.15, 0.2) is 0 Å². The van der Waals surface area contributed by atoms with Gasteiger partial charge in [0.2, 0.25) is 0 Å². The molecule has 0 amide bonds. The van der Waals surface area contributed by atoms with Crippen molar-refractivity contribution in [3.8, 4) is 11.5 Å². The number of aliphatic imine (C=N–C) groups is 1. The van der Waals surface area contributed by atoms with E-state index < -0.39 is 0 Å². The van der Waals surface area contributed by atoms with Crippen molar-refractivity contribution in [1.29, 1.82) is 0 Å². The summed E-state index contributed by atoms with van der Waals surface area (Å²) in [7, 11) is 3.38. The first-order chi connectivity index (χ1) is 12.7. The third-order valence-corrected chi connectivity index (χ3v) is 6.46. The maximum absolute atomic E-state index is 5.55. The summed E-state index contributed by atoms with van der Waals surface area (Å²) in [4.78, 5) is 5.17. The van der Waals surface area contributed by atoms with E-state index in [1.807, 2.05) is 12.1 Å². The fourth-order valence-corrected chi connectivity index (χ4v) is 5.00. The highest BCUT2D eigenvalue weighted by Gasteiger charge is 2.53. The maximum Gasteiger partial charge on any atom is 0.127 e. The van der Waals surface area contributed by atoms with Crippen molar-refractivity contribution in [2.24, 2.45) is 16.8 Å². The Morgan fingerprint density at radius 1 is 1.04 bits per heavy atom. The highest BCUT2D eigenvalue weighted by Crippen LogP contribution is 2.55. The first-order valence-corrected chi connectivity index (χ1v) is 9.48. The number of fused-ring (bicyclic) bond motifs is 2. The number of hydrogen-bond donors (Lipinski definition) is 0. The van der Waals surface area contributed by atoms with Crippen LogP contribution in [-0.2, 0) is 12.0 Å². The molecule has 2 aliphatic rings. The Morgan fingerprint density at radius 3 is 2.58 bits per heavy atom. The van der Waals surface area contributed by atoms with Crippen LogP contribution in [0.1, 0.15) is 37.3 Å². The molecule has 0 saturated heterocycles. The Balaban J connectivity index is 1.68. The molecule has 2 aromatic carbocycles. The van der Waals surface area contributed by atoms with Gasteiger partial charge in [-0.3, -0.25) is 4.99 Å². The van der Waals surface area contributed by atoms with E-state index in [0.29, 0.717) is 18.4 Å². The van der Waals surface area contributed by atoms with Gasteiger partial charge in [-0.1, -0.05) is 30.3 Å². The molecule has 3 nitrogen and oxygen atoms in total. The van der Waals surface area contributed by atoms with Gasteiger partial charge < -0.3 is 9.47 Å². The van der Waals surface area contributed by atoms with Crippen LogP contribution in [0, 0.1) is 11.8 Å². The molecule has 3 atom stereocenters. The van der Waals surface area contributed by atoms with Crippen molar-refractivity contribution in [2.75, 3.05) is 14.2 Å². The average Bonchev–Trinajstić information content (AvgIpc) is 3.28. The molecule has 2 saturated carbocycles. The second-order valence-corrected chi connectivity index (χ2v) is 7.65. The number of nitrogens with zero attached hydrogens (tertiary/aromatic N) is 1. The fourth-order valence-electron chi connectivity index (χ4n) is 5.00. The van der Waals surface area contributed by atoms with Crippen LogP contribution in [0.4, 0.5) is 0 Å². The number of methoxy groups -OCH3 is 2. The van der Waals surface area contributed by atoms with Gasteiger partial charge >= 0.3 is 0 Å². The molecule has 0 unspecified atom stereocenters. The number of benzene rings is 2. The first kappa shape index (κ1) is 17.1. The first-order valence-electron chi connectivity index (χ1n) is 9.48. The van der Waals surface area contributed by atoms with Gasteiger partial charge in [0.25, 0.3) is 0 Å². The van der Waals surface area contributed by atoms with Crippen LogP contribution in [0.15, 0.2) is 53.5 Å². The van der Waals surface area contributed by atoms with Crippen molar-refractivity contribution in [2.45, 2.75) is 38.1 Å². The minimum atomic E-state index is 0.0733. The van der Waals surface area contributed by atoms with E-state index in [-0.39, 0.29) is 5.41 Å². The number of rotatable bonds is 5. The molecule has 2 aromatic rings. The average molecular weight is 349 g/mol. The molecule has 0 heterocycles. The number of hydrogen-bond acceptors (Lipinski definition) is 3. The van der Waals surface area contributed by atoms with E-state index in [9.17, 15) is 0 Å². The normalized spacial score (nSPS) is 28.5. The Labute approximate surface area is 156 Å². The molecule has 136 valence electrons. The zero-order chi connectivity index (χ0) is 18.1. The molecule has 2 bridgehead atoms. The molecule has 2 fully saturated rings. The van der Waals surface area contributed by atoms with Gasteiger partial charge in [-0.15, -0.1) is 0 Å². The lowest BCUT2D eigenvalue weighted by molar-refractivity contribution is 0.390. The maximum atomic E-state index is 5.55. The Morgan fingerprint density at radius 2 is 1.85 bits per heavy atom. The zero-order valence-electron chi connectivity index (χ0n) is 15.9. The minimum absolute atomic E-state index is 0.0733. The molecule has 0 spiro atoms. The summed E-state index contributed by atoms with van der Waals surface area (Å²) in [5, 5.41) is 0. The second kappa shape index (κ2) is 6.79. The third kappa shape index (κ3) is 2.70. The summed E-state index contributed by atoms with van der Waals surface area (Å²) in [6, 6.07) is 16.9. The van der Waals surface area contributed by atoms with Crippen LogP contribution in [0.2, 0.25) is 0 Å². The second-order valence-electron chi connectivity index (χ2n) is 7.65. The van der Waals surface area contributed by atoms with E-state index in [2.05, 4.69) is 43.3 Å². The smallest absolute Gasteiger partial charge is 0.127 e.